The first kappa shape index (κ1) is 21.9. The third-order valence-corrected chi connectivity index (χ3v) is 5.03. The minimum absolute atomic E-state index is 0.283. The second kappa shape index (κ2) is 9.03. The lowest BCUT2D eigenvalue weighted by molar-refractivity contribution is 0.262. The minimum atomic E-state index is -0.867. The predicted molar refractivity (Wildman–Crippen MR) is 119 cm³/mol. The van der Waals surface area contributed by atoms with Crippen molar-refractivity contribution < 1.29 is 18.3 Å². The van der Waals surface area contributed by atoms with Crippen LogP contribution in [0.25, 0.3) is 5.82 Å². The number of nitrogens with zero attached hydrogens (tertiary/aromatic N) is 4. The highest BCUT2D eigenvalue weighted by atomic mass is 19.1. The molecular formula is C23H20F2N6O2. The number of nitrogens with one attached hydrogen (secondary N) is 2. The molecule has 4 rings (SSSR count). The summed E-state index contributed by atoms with van der Waals surface area (Å²) >= 11 is 0. The Bertz CT molecular complexity index is 1280. The maximum atomic E-state index is 13.7. The number of benzene rings is 2. The molecule has 0 unspecified atom stereocenters. The van der Waals surface area contributed by atoms with E-state index in [0.29, 0.717) is 17.3 Å². The van der Waals surface area contributed by atoms with Gasteiger partial charge in [0.25, 0.3) is 0 Å². The van der Waals surface area contributed by atoms with Crippen LogP contribution in [0.2, 0.25) is 0 Å². The van der Waals surface area contributed by atoms with Crippen LogP contribution in [-0.2, 0) is 0 Å². The lowest BCUT2D eigenvalue weighted by Crippen LogP contribution is -2.20. The highest BCUT2D eigenvalue weighted by molar-refractivity contribution is 5.99. The van der Waals surface area contributed by atoms with Crippen molar-refractivity contribution in [3.8, 4) is 17.4 Å². The van der Waals surface area contributed by atoms with Gasteiger partial charge in [-0.3, -0.25) is 0 Å². The van der Waals surface area contributed by atoms with Crippen molar-refractivity contribution in [2.24, 2.45) is 0 Å². The first-order valence-electron chi connectivity index (χ1n) is 9.98. The molecule has 168 valence electrons. The fraction of sp³-hybridized carbons (Fsp3) is 0.130. The molecule has 0 bridgehead atoms. The summed E-state index contributed by atoms with van der Waals surface area (Å²) in [6.45, 7) is 5.90. The molecule has 0 aliphatic carbocycles. The molecule has 2 aromatic heterocycles. The molecule has 0 spiro atoms. The minimum Gasteiger partial charge on any atom is -0.438 e. The average molecular weight is 450 g/mol. The summed E-state index contributed by atoms with van der Waals surface area (Å²) in [6, 6.07) is 12.3. The van der Waals surface area contributed by atoms with E-state index in [2.05, 4.69) is 25.9 Å². The topological polar surface area (TPSA) is 94.0 Å². The molecule has 2 amide bonds. The van der Waals surface area contributed by atoms with Crippen LogP contribution in [0.3, 0.4) is 0 Å². The second-order valence-corrected chi connectivity index (χ2v) is 7.24. The Labute approximate surface area is 188 Å². The molecule has 0 atom stereocenters. The number of para-hydroxylation sites is 1. The Balaban J connectivity index is 1.38. The number of aromatic nitrogens is 4. The molecule has 2 aromatic carbocycles. The third kappa shape index (κ3) is 4.79. The molecule has 0 fully saturated rings. The van der Waals surface area contributed by atoms with Crippen LogP contribution in [0.4, 0.5) is 25.0 Å². The fourth-order valence-electron chi connectivity index (χ4n) is 3.04. The quantitative estimate of drug-likeness (QED) is 0.430. The summed E-state index contributed by atoms with van der Waals surface area (Å²) in [6.07, 6.45) is 0. The van der Waals surface area contributed by atoms with Gasteiger partial charge in [-0.05, 0) is 68.8 Å². The molecule has 10 heteroatoms. The second-order valence-electron chi connectivity index (χ2n) is 7.24. The van der Waals surface area contributed by atoms with E-state index in [1.54, 1.807) is 41.1 Å². The molecule has 0 saturated heterocycles. The molecule has 0 radical (unpaired) electrons. The molecule has 0 aliphatic heterocycles. The number of aryl methyl sites for hydroxylation is 1. The van der Waals surface area contributed by atoms with Gasteiger partial charge in [0.05, 0.1) is 5.69 Å². The van der Waals surface area contributed by atoms with E-state index in [4.69, 9.17) is 4.74 Å². The molecule has 33 heavy (non-hydrogen) atoms. The van der Waals surface area contributed by atoms with Crippen LogP contribution in [-0.4, -0.2) is 26.0 Å². The molecule has 0 saturated carbocycles. The van der Waals surface area contributed by atoms with Gasteiger partial charge >= 0.3 is 6.03 Å². The molecule has 8 nitrogen and oxygen atoms in total. The van der Waals surface area contributed by atoms with Gasteiger partial charge in [0.15, 0.2) is 5.82 Å². The highest BCUT2D eigenvalue weighted by Crippen LogP contribution is 2.23. The number of ether oxygens (including phenoxy) is 1. The van der Waals surface area contributed by atoms with E-state index in [1.165, 1.54) is 6.07 Å². The third-order valence-electron chi connectivity index (χ3n) is 5.03. The maximum absolute atomic E-state index is 13.7. The van der Waals surface area contributed by atoms with Crippen LogP contribution in [0.1, 0.15) is 17.0 Å². The van der Waals surface area contributed by atoms with E-state index >= 15 is 0 Å². The van der Waals surface area contributed by atoms with Gasteiger partial charge in [-0.15, -0.1) is 10.2 Å². The normalized spacial score (nSPS) is 10.7. The lowest BCUT2D eigenvalue weighted by Gasteiger charge is -2.10. The smallest absolute Gasteiger partial charge is 0.323 e. The number of hydrogen-bond acceptors (Lipinski definition) is 5. The average Bonchev–Trinajstić information content (AvgIpc) is 3.05. The highest BCUT2D eigenvalue weighted by Gasteiger charge is 2.13. The molecule has 4 aromatic rings. The monoisotopic (exact) mass is 450 g/mol. The zero-order chi connectivity index (χ0) is 23.5. The molecule has 2 N–H and O–H groups in total. The van der Waals surface area contributed by atoms with Crippen molar-refractivity contribution in [1.82, 2.24) is 20.0 Å². The van der Waals surface area contributed by atoms with Gasteiger partial charge in [-0.2, -0.15) is 5.10 Å². The number of urea groups is 1. The zero-order valence-corrected chi connectivity index (χ0v) is 18.1. The number of carbonyl (C=O) groups is 1. The summed E-state index contributed by atoms with van der Waals surface area (Å²) in [7, 11) is 0. The van der Waals surface area contributed by atoms with Crippen LogP contribution in [0.5, 0.6) is 11.6 Å². The standard InChI is InChI=1S/C23H20F2N6O2/c1-13-14(2)30-31(15(13)3)20-11-12-21(29-28-20)33-17-9-7-16(8-10-17)26-23(32)27-22-18(24)5-4-6-19(22)25/h4-12H,1-3H3,(H2,26,27,32). The fourth-order valence-corrected chi connectivity index (χ4v) is 3.04. The van der Waals surface area contributed by atoms with E-state index in [0.717, 1.165) is 29.1 Å². The van der Waals surface area contributed by atoms with Crippen molar-refractivity contribution in [2.75, 3.05) is 10.6 Å². The molecule has 0 aliphatic rings. The Morgan fingerprint density at radius 2 is 1.61 bits per heavy atom. The number of halogens is 2. The first-order valence-corrected chi connectivity index (χ1v) is 9.98. The summed E-state index contributed by atoms with van der Waals surface area (Å²) in [5.74, 6) is -0.411. The SMILES string of the molecule is Cc1nn(-c2ccc(Oc3ccc(NC(=O)Nc4c(F)cccc4F)cc3)nn2)c(C)c1C. The van der Waals surface area contributed by atoms with Gasteiger partial charge in [0, 0.05) is 17.4 Å². The summed E-state index contributed by atoms with van der Waals surface area (Å²) in [5.41, 5.74) is 2.89. The van der Waals surface area contributed by atoms with E-state index in [9.17, 15) is 13.6 Å². The Morgan fingerprint density at radius 1 is 0.909 bits per heavy atom. The summed E-state index contributed by atoms with van der Waals surface area (Å²) in [5, 5.41) is 17.4. The summed E-state index contributed by atoms with van der Waals surface area (Å²) in [4.78, 5) is 12.0. The Hall–Kier alpha value is -4.34. The van der Waals surface area contributed by atoms with Gasteiger partial charge < -0.3 is 15.4 Å². The predicted octanol–water partition coefficient (Wildman–Crippen LogP) is 5.30. The largest absolute Gasteiger partial charge is 0.438 e. The van der Waals surface area contributed by atoms with Crippen LogP contribution in [0.15, 0.2) is 54.6 Å². The van der Waals surface area contributed by atoms with Crippen LogP contribution in [0, 0.1) is 32.4 Å². The van der Waals surface area contributed by atoms with E-state index in [-0.39, 0.29) is 5.88 Å². The number of hydrogen-bond donors (Lipinski definition) is 2. The van der Waals surface area contributed by atoms with Crippen LogP contribution < -0.4 is 15.4 Å². The van der Waals surface area contributed by atoms with E-state index in [1.807, 2.05) is 20.8 Å². The van der Waals surface area contributed by atoms with Crippen molar-refractivity contribution in [2.45, 2.75) is 20.8 Å². The van der Waals surface area contributed by atoms with Gasteiger partial charge in [-0.1, -0.05) is 6.07 Å². The summed E-state index contributed by atoms with van der Waals surface area (Å²) < 4.78 is 34.7. The van der Waals surface area contributed by atoms with Gasteiger partial charge in [-0.25, -0.2) is 18.3 Å². The van der Waals surface area contributed by atoms with Gasteiger partial charge in [0.1, 0.15) is 23.1 Å². The Kier molecular flexibility index (Phi) is 5.99. The van der Waals surface area contributed by atoms with Crippen molar-refractivity contribution >= 4 is 17.4 Å². The van der Waals surface area contributed by atoms with Crippen molar-refractivity contribution in [3.05, 3.63) is 83.2 Å². The lowest BCUT2D eigenvalue weighted by atomic mass is 10.2. The molecular weight excluding hydrogens is 430 g/mol. The van der Waals surface area contributed by atoms with Crippen LogP contribution >= 0.6 is 0 Å². The van der Waals surface area contributed by atoms with E-state index < -0.39 is 23.4 Å². The Morgan fingerprint density at radius 3 is 2.18 bits per heavy atom. The zero-order valence-electron chi connectivity index (χ0n) is 18.1. The van der Waals surface area contributed by atoms with Crippen molar-refractivity contribution in [1.29, 1.82) is 0 Å². The maximum Gasteiger partial charge on any atom is 0.323 e. The number of amides is 2. The van der Waals surface area contributed by atoms with Gasteiger partial charge in [0.2, 0.25) is 5.88 Å². The molecule has 2 heterocycles. The first-order chi connectivity index (χ1) is 15.8. The number of anilines is 2. The number of rotatable bonds is 5. The van der Waals surface area contributed by atoms with Crippen molar-refractivity contribution in [3.63, 3.8) is 0 Å². The number of carbonyl (C=O) groups excluding carboxylic acids is 1.